The molecule has 0 radical (unpaired) electrons. The van der Waals surface area contributed by atoms with E-state index in [4.69, 9.17) is 5.73 Å². The molecule has 0 saturated heterocycles. The lowest BCUT2D eigenvalue weighted by Crippen LogP contribution is -2.12. The van der Waals surface area contributed by atoms with Gasteiger partial charge in [-0.05, 0) is 30.0 Å². The minimum absolute atomic E-state index is 0.346. The van der Waals surface area contributed by atoms with Gasteiger partial charge in [0.25, 0.3) is 0 Å². The summed E-state index contributed by atoms with van der Waals surface area (Å²) in [6, 6.07) is 6.15. The van der Waals surface area contributed by atoms with Crippen molar-refractivity contribution in [2.24, 2.45) is 5.73 Å². The highest BCUT2D eigenvalue weighted by molar-refractivity contribution is 7.10. The molecule has 2 aromatic rings. The number of phenols is 1. The highest BCUT2D eigenvalue weighted by Crippen LogP contribution is 2.33. The fourth-order valence-corrected chi connectivity index (χ4v) is 2.42. The van der Waals surface area contributed by atoms with Crippen LogP contribution < -0.4 is 5.73 Å². The number of hydrogen-bond donors (Lipinski definition) is 2. The largest absolute Gasteiger partial charge is 0.505 e. The summed E-state index contributed by atoms with van der Waals surface area (Å²) in [7, 11) is 0. The lowest BCUT2D eigenvalue weighted by atomic mass is 9.99. The van der Waals surface area contributed by atoms with Crippen LogP contribution in [0.25, 0.3) is 0 Å². The van der Waals surface area contributed by atoms with Crippen molar-refractivity contribution in [1.82, 2.24) is 0 Å². The number of nitrogens with two attached hydrogens (primary N) is 1. The molecule has 1 heterocycles. The molecule has 0 spiro atoms. The van der Waals surface area contributed by atoms with Crippen LogP contribution in [0.15, 0.2) is 29.6 Å². The van der Waals surface area contributed by atoms with Crippen molar-refractivity contribution in [3.8, 4) is 5.75 Å². The summed E-state index contributed by atoms with van der Waals surface area (Å²) in [6.45, 7) is 1.81. The van der Waals surface area contributed by atoms with Gasteiger partial charge >= 0.3 is 0 Å². The monoisotopic (exact) mass is 237 g/mol. The van der Waals surface area contributed by atoms with E-state index < -0.39 is 11.9 Å². The number of benzene rings is 1. The van der Waals surface area contributed by atoms with Gasteiger partial charge in [0.15, 0.2) is 11.6 Å². The van der Waals surface area contributed by atoms with E-state index in [1.165, 1.54) is 17.4 Å². The van der Waals surface area contributed by atoms with Crippen LogP contribution in [0.1, 0.15) is 22.0 Å². The normalized spacial score (nSPS) is 12.7. The van der Waals surface area contributed by atoms with Crippen molar-refractivity contribution in [1.29, 1.82) is 0 Å². The molecular formula is C12H12FNOS. The predicted molar refractivity (Wildman–Crippen MR) is 63.2 cm³/mol. The molecule has 4 heteroatoms. The molecule has 3 N–H and O–H groups in total. The topological polar surface area (TPSA) is 46.2 Å². The number of phenolic OH excluding ortho intramolecular Hbond substituents is 1. The maximum atomic E-state index is 13.3. The van der Waals surface area contributed by atoms with Gasteiger partial charge in [0, 0.05) is 10.4 Å². The average Bonchev–Trinajstić information content (AvgIpc) is 2.77. The quantitative estimate of drug-likeness (QED) is 0.843. The third-order valence-electron chi connectivity index (χ3n) is 2.55. The van der Waals surface area contributed by atoms with Gasteiger partial charge in [-0.15, -0.1) is 11.3 Å². The van der Waals surface area contributed by atoms with E-state index in [1.807, 2.05) is 24.4 Å². The van der Waals surface area contributed by atoms with Crippen LogP contribution in [0.3, 0.4) is 0 Å². The molecule has 0 aliphatic heterocycles. The zero-order valence-electron chi connectivity index (χ0n) is 8.77. The summed E-state index contributed by atoms with van der Waals surface area (Å²) in [5.74, 6) is -0.978. The molecule has 0 saturated carbocycles. The second-order valence-corrected chi connectivity index (χ2v) is 4.60. The molecule has 0 amide bonds. The van der Waals surface area contributed by atoms with Crippen molar-refractivity contribution >= 4 is 11.3 Å². The second-order valence-electron chi connectivity index (χ2n) is 3.62. The third-order valence-corrected chi connectivity index (χ3v) is 3.50. The molecule has 0 bridgehead atoms. The third kappa shape index (κ3) is 1.81. The fraction of sp³-hybridized carbons (Fsp3) is 0.167. The first kappa shape index (κ1) is 11.1. The zero-order valence-corrected chi connectivity index (χ0v) is 9.59. The van der Waals surface area contributed by atoms with Gasteiger partial charge in [0.2, 0.25) is 0 Å². The summed E-state index contributed by atoms with van der Waals surface area (Å²) < 4.78 is 13.3. The van der Waals surface area contributed by atoms with Crippen molar-refractivity contribution in [3.63, 3.8) is 0 Å². The van der Waals surface area contributed by atoms with E-state index in [-0.39, 0.29) is 5.75 Å². The lowest BCUT2D eigenvalue weighted by Gasteiger charge is -2.15. The molecule has 0 aliphatic rings. The molecule has 0 aliphatic carbocycles. The van der Waals surface area contributed by atoms with Crippen molar-refractivity contribution < 1.29 is 9.50 Å². The Kier molecular flexibility index (Phi) is 2.94. The molecule has 84 valence electrons. The smallest absolute Gasteiger partial charge is 0.165 e. The summed E-state index contributed by atoms with van der Waals surface area (Å²) in [4.78, 5) is 0.906. The Morgan fingerprint density at radius 3 is 2.75 bits per heavy atom. The van der Waals surface area contributed by atoms with Crippen molar-refractivity contribution in [2.75, 3.05) is 0 Å². The summed E-state index contributed by atoms with van der Waals surface area (Å²) in [5.41, 5.74) is 7.27. The maximum Gasteiger partial charge on any atom is 0.165 e. The Bertz CT molecular complexity index is 496. The second kappa shape index (κ2) is 4.23. The van der Waals surface area contributed by atoms with Gasteiger partial charge in [0.1, 0.15) is 0 Å². The van der Waals surface area contributed by atoms with Gasteiger partial charge in [0.05, 0.1) is 6.04 Å². The highest BCUT2D eigenvalue weighted by Gasteiger charge is 2.19. The molecule has 2 nitrogen and oxygen atoms in total. The first-order chi connectivity index (χ1) is 7.61. The van der Waals surface area contributed by atoms with E-state index in [2.05, 4.69) is 0 Å². The fourth-order valence-electron chi connectivity index (χ4n) is 1.69. The van der Waals surface area contributed by atoms with Crippen LogP contribution in [0.4, 0.5) is 4.39 Å². The van der Waals surface area contributed by atoms with Crippen LogP contribution in [-0.2, 0) is 0 Å². The van der Waals surface area contributed by atoms with Crippen LogP contribution in [-0.4, -0.2) is 5.11 Å². The summed E-state index contributed by atoms with van der Waals surface area (Å²) in [5, 5.41) is 11.6. The van der Waals surface area contributed by atoms with Gasteiger partial charge in [-0.2, -0.15) is 0 Å². The van der Waals surface area contributed by atoms with Gasteiger partial charge < -0.3 is 10.8 Å². The van der Waals surface area contributed by atoms with E-state index in [1.54, 1.807) is 6.07 Å². The Balaban J connectivity index is 2.52. The van der Waals surface area contributed by atoms with Crippen LogP contribution in [0.2, 0.25) is 0 Å². The number of hydrogen-bond acceptors (Lipinski definition) is 3. The maximum absolute atomic E-state index is 13.3. The highest BCUT2D eigenvalue weighted by atomic mass is 32.1. The molecule has 2 rings (SSSR count). The standard InChI is InChI=1S/C12H12FNOS/c1-7-4-5-8(13)12(15)10(7)11(14)9-3-2-6-16-9/h2-6,11,15H,14H2,1H3/t11-/m0/s1. The average molecular weight is 237 g/mol. The zero-order chi connectivity index (χ0) is 11.7. The Hall–Kier alpha value is -1.39. The number of thiophene rings is 1. The molecule has 0 unspecified atom stereocenters. The Morgan fingerprint density at radius 2 is 2.12 bits per heavy atom. The van der Waals surface area contributed by atoms with Crippen molar-refractivity contribution in [2.45, 2.75) is 13.0 Å². The summed E-state index contributed by atoms with van der Waals surface area (Å²) >= 11 is 1.49. The van der Waals surface area contributed by atoms with Gasteiger partial charge in [-0.3, -0.25) is 0 Å². The van der Waals surface area contributed by atoms with E-state index in [0.29, 0.717) is 5.56 Å². The SMILES string of the molecule is Cc1ccc(F)c(O)c1[C@@H](N)c1cccs1. The molecule has 1 aromatic heterocycles. The molecule has 1 atom stereocenters. The van der Waals surface area contributed by atoms with Crippen LogP contribution >= 0.6 is 11.3 Å². The molecule has 0 fully saturated rings. The summed E-state index contributed by atoms with van der Waals surface area (Å²) in [6.07, 6.45) is 0. The van der Waals surface area contributed by atoms with E-state index in [0.717, 1.165) is 10.4 Å². The van der Waals surface area contributed by atoms with Crippen LogP contribution in [0, 0.1) is 12.7 Å². The number of halogens is 1. The Labute approximate surface area is 97.2 Å². The Morgan fingerprint density at radius 1 is 1.38 bits per heavy atom. The lowest BCUT2D eigenvalue weighted by molar-refractivity contribution is 0.423. The van der Waals surface area contributed by atoms with Crippen molar-refractivity contribution in [3.05, 3.63) is 51.5 Å². The van der Waals surface area contributed by atoms with Gasteiger partial charge in [-0.25, -0.2) is 4.39 Å². The van der Waals surface area contributed by atoms with E-state index >= 15 is 0 Å². The van der Waals surface area contributed by atoms with Crippen LogP contribution in [0.5, 0.6) is 5.75 Å². The van der Waals surface area contributed by atoms with Gasteiger partial charge in [-0.1, -0.05) is 12.1 Å². The number of aromatic hydroxyl groups is 1. The minimum Gasteiger partial charge on any atom is -0.505 e. The molecule has 16 heavy (non-hydrogen) atoms. The first-order valence-corrected chi connectivity index (χ1v) is 5.76. The predicted octanol–water partition coefficient (Wildman–Crippen LogP) is 2.95. The molecule has 1 aromatic carbocycles. The minimum atomic E-state index is -0.632. The first-order valence-electron chi connectivity index (χ1n) is 4.88. The molecular weight excluding hydrogens is 225 g/mol. The number of rotatable bonds is 2. The number of aryl methyl sites for hydroxylation is 1. The van der Waals surface area contributed by atoms with E-state index in [9.17, 15) is 9.50 Å².